The fourth-order valence-corrected chi connectivity index (χ4v) is 3.18. The lowest BCUT2D eigenvalue weighted by Crippen LogP contribution is -2.49. The van der Waals surface area contributed by atoms with Crippen LogP contribution < -0.4 is 0 Å². The Bertz CT molecular complexity index is 414. The summed E-state index contributed by atoms with van der Waals surface area (Å²) in [6.45, 7) is -0.252. The molecule has 2 atom stereocenters. The van der Waals surface area contributed by atoms with Crippen LogP contribution in [0.5, 0.6) is 0 Å². The van der Waals surface area contributed by atoms with E-state index in [1.807, 2.05) is 0 Å². The maximum Gasteiger partial charge on any atom is 0.401 e. The van der Waals surface area contributed by atoms with Gasteiger partial charge in [-0.15, -0.1) is 0 Å². The van der Waals surface area contributed by atoms with Crippen molar-refractivity contribution in [2.24, 2.45) is 5.92 Å². The molecule has 1 N–H and O–H groups in total. The lowest BCUT2D eigenvalue weighted by Gasteiger charge is -2.35. The number of halogens is 3. The Balaban J connectivity index is 1.97. The largest absolute Gasteiger partial charge is 0.480 e. The minimum absolute atomic E-state index is 0.0567. The number of alkyl halides is 3. The number of likely N-dealkylation sites (tertiary alicyclic amines) is 2. The van der Waals surface area contributed by atoms with Gasteiger partial charge in [-0.1, -0.05) is 0 Å². The highest BCUT2D eigenvalue weighted by molar-refractivity contribution is 5.85. The summed E-state index contributed by atoms with van der Waals surface area (Å²) in [7, 11) is 0. The van der Waals surface area contributed by atoms with Gasteiger partial charge in [-0.05, 0) is 32.2 Å². The van der Waals surface area contributed by atoms with E-state index in [0.29, 0.717) is 38.8 Å². The highest BCUT2D eigenvalue weighted by atomic mass is 19.4. The highest BCUT2D eigenvalue weighted by Crippen LogP contribution is 2.26. The summed E-state index contributed by atoms with van der Waals surface area (Å²) in [4.78, 5) is 26.0. The van der Waals surface area contributed by atoms with Gasteiger partial charge in [0, 0.05) is 13.1 Å². The number of carbonyl (C=O) groups excluding carboxylic acids is 1. The molecule has 0 aromatic heterocycles. The topological polar surface area (TPSA) is 60.9 Å². The first kappa shape index (κ1) is 16.1. The predicted octanol–water partition coefficient (Wildman–Crippen LogP) is 1.34. The quantitative estimate of drug-likeness (QED) is 0.854. The lowest BCUT2D eigenvalue weighted by molar-refractivity contribution is -0.157. The number of hydrogen-bond donors (Lipinski definition) is 1. The summed E-state index contributed by atoms with van der Waals surface area (Å²) in [5.41, 5.74) is 0. The molecule has 1 amide bonds. The first-order valence-electron chi connectivity index (χ1n) is 7.10. The molecule has 2 aliphatic heterocycles. The molecule has 0 saturated carbocycles. The van der Waals surface area contributed by atoms with Crippen molar-refractivity contribution >= 4 is 11.9 Å². The van der Waals surface area contributed by atoms with E-state index in [4.69, 9.17) is 5.11 Å². The normalized spacial score (nSPS) is 27.9. The lowest BCUT2D eigenvalue weighted by atomic mass is 9.96. The fraction of sp³-hybridized carbons (Fsp3) is 0.846. The van der Waals surface area contributed by atoms with Crippen LogP contribution in [0.2, 0.25) is 0 Å². The van der Waals surface area contributed by atoms with E-state index in [1.165, 1.54) is 9.80 Å². The third-order valence-electron chi connectivity index (χ3n) is 4.08. The van der Waals surface area contributed by atoms with Crippen molar-refractivity contribution in [1.82, 2.24) is 9.80 Å². The number of amides is 1. The zero-order valence-corrected chi connectivity index (χ0v) is 11.6. The molecule has 0 radical (unpaired) electrons. The van der Waals surface area contributed by atoms with Crippen LogP contribution in [-0.2, 0) is 9.59 Å². The van der Waals surface area contributed by atoms with Crippen LogP contribution in [0.3, 0.4) is 0 Å². The standard InChI is InChI=1S/C13H19F3N2O3/c14-13(15,16)8-17-5-1-3-9(7-17)11(19)18-6-2-4-10(18)12(20)21/h9-10H,1-8H2,(H,20,21)/t9?,10-/m0/s1. The van der Waals surface area contributed by atoms with Gasteiger partial charge in [0.2, 0.25) is 5.91 Å². The van der Waals surface area contributed by atoms with E-state index >= 15 is 0 Å². The summed E-state index contributed by atoms with van der Waals surface area (Å²) >= 11 is 0. The van der Waals surface area contributed by atoms with Gasteiger partial charge in [-0.2, -0.15) is 13.2 Å². The summed E-state index contributed by atoms with van der Waals surface area (Å²) in [6.07, 6.45) is -2.18. The van der Waals surface area contributed by atoms with Crippen molar-refractivity contribution in [1.29, 1.82) is 0 Å². The first-order chi connectivity index (χ1) is 9.78. The molecule has 2 aliphatic rings. The van der Waals surface area contributed by atoms with E-state index < -0.39 is 30.7 Å². The average Bonchev–Trinajstić information content (AvgIpc) is 2.85. The molecule has 5 nitrogen and oxygen atoms in total. The zero-order valence-electron chi connectivity index (χ0n) is 11.6. The summed E-state index contributed by atoms with van der Waals surface area (Å²) in [6, 6.07) is -0.824. The second kappa shape index (κ2) is 6.21. The molecular weight excluding hydrogens is 289 g/mol. The third-order valence-corrected chi connectivity index (χ3v) is 4.08. The van der Waals surface area contributed by atoms with E-state index in [0.717, 1.165) is 0 Å². The summed E-state index contributed by atoms with van der Waals surface area (Å²) in [5, 5.41) is 9.08. The van der Waals surface area contributed by atoms with Crippen LogP contribution in [-0.4, -0.2) is 65.2 Å². The monoisotopic (exact) mass is 308 g/mol. The summed E-state index contributed by atoms with van der Waals surface area (Å²) < 4.78 is 37.3. The van der Waals surface area contributed by atoms with Gasteiger partial charge >= 0.3 is 12.1 Å². The molecule has 1 unspecified atom stereocenters. The number of hydrogen-bond acceptors (Lipinski definition) is 3. The van der Waals surface area contributed by atoms with Crippen LogP contribution in [0, 0.1) is 5.92 Å². The van der Waals surface area contributed by atoms with Crippen LogP contribution in [0.25, 0.3) is 0 Å². The van der Waals surface area contributed by atoms with E-state index in [9.17, 15) is 22.8 Å². The van der Waals surface area contributed by atoms with Crippen LogP contribution in [0.4, 0.5) is 13.2 Å². The number of carboxylic acids is 1. The number of nitrogens with zero attached hydrogens (tertiary/aromatic N) is 2. The molecule has 0 spiro atoms. The summed E-state index contributed by atoms with van der Waals surface area (Å²) in [5.74, 6) is -1.88. The number of rotatable bonds is 3. The van der Waals surface area contributed by atoms with Gasteiger partial charge in [0.05, 0.1) is 12.5 Å². The number of piperidine rings is 1. The SMILES string of the molecule is O=C(O)[C@@H]1CCCN1C(=O)C1CCCN(CC(F)(F)F)C1. The van der Waals surface area contributed by atoms with Crippen molar-refractivity contribution in [3.63, 3.8) is 0 Å². The van der Waals surface area contributed by atoms with Crippen molar-refractivity contribution in [2.45, 2.75) is 37.9 Å². The number of carboxylic acid groups (broad SMARTS) is 1. The Hall–Kier alpha value is -1.31. The van der Waals surface area contributed by atoms with E-state index in [-0.39, 0.29) is 12.5 Å². The Morgan fingerprint density at radius 1 is 1.14 bits per heavy atom. The predicted molar refractivity (Wildman–Crippen MR) is 67.6 cm³/mol. The molecule has 0 aromatic rings. The van der Waals surface area contributed by atoms with Crippen molar-refractivity contribution in [2.75, 3.05) is 26.2 Å². The molecule has 2 saturated heterocycles. The van der Waals surface area contributed by atoms with E-state index in [1.54, 1.807) is 0 Å². The highest BCUT2D eigenvalue weighted by Gasteiger charge is 2.40. The second-order valence-electron chi connectivity index (χ2n) is 5.72. The second-order valence-corrected chi connectivity index (χ2v) is 5.72. The Morgan fingerprint density at radius 2 is 1.81 bits per heavy atom. The molecule has 2 heterocycles. The molecule has 8 heteroatoms. The maximum absolute atomic E-state index is 12.4. The molecule has 0 aliphatic carbocycles. The van der Waals surface area contributed by atoms with Gasteiger partial charge in [0.1, 0.15) is 6.04 Å². The zero-order chi connectivity index (χ0) is 15.6. The van der Waals surface area contributed by atoms with Crippen LogP contribution in [0.1, 0.15) is 25.7 Å². The molecule has 0 aromatic carbocycles. The third kappa shape index (κ3) is 4.09. The minimum Gasteiger partial charge on any atom is -0.480 e. The minimum atomic E-state index is -4.28. The molecule has 2 rings (SSSR count). The molecule has 2 fully saturated rings. The van der Waals surface area contributed by atoms with Gasteiger partial charge in [-0.25, -0.2) is 4.79 Å². The number of carbonyl (C=O) groups is 2. The van der Waals surface area contributed by atoms with Crippen LogP contribution >= 0.6 is 0 Å². The fourth-order valence-electron chi connectivity index (χ4n) is 3.18. The Labute approximate surface area is 120 Å². The molecular formula is C13H19F3N2O3. The Kier molecular flexibility index (Phi) is 4.75. The Morgan fingerprint density at radius 3 is 2.43 bits per heavy atom. The van der Waals surface area contributed by atoms with Gasteiger partial charge in [0.25, 0.3) is 0 Å². The molecule has 21 heavy (non-hydrogen) atoms. The average molecular weight is 308 g/mol. The first-order valence-corrected chi connectivity index (χ1v) is 7.10. The van der Waals surface area contributed by atoms with Gasteiger partial charge in [-0.3, -0.25) is 9.69 Å². The number of aliphatic carboxylic acids is 1. The van der Waals surface area contributed by atoms with Crippen molar-refractivity contribution < 1.29 is 27.9 Å². The smallest absolute Gasteiger partial charge is 0.401 e. The van der Waals surface area contributed by atoms with Crippen molar-refractivity contribution in [3.05, 3.63) is 0 Å². The van der Waals surface area contributed by atoms with Gasteiger partial charge < -0.3 is 10.0 Å². The van der Waals surface area contributed by atoms with Crippen molar-refractivity contribution in [3.8, 4) is 0 Å². The van der Waals surface area contributed by atoms with E-state index in [2.05, 4.69) is 0 Å². The molecule has 120 valence electrons. The maximum atomic E-state index is 12.4. The van der Waals surface area contributed by atoms with Gasteiger partial charge in [0.15, 0.2) is 0 Å². The molecule has 0 bridgehead atoms. The van der Waals surface area contributed by atoms with Crippen LogP contribution in [0.15, 0.2) is 0 Å².